The molecule has 0 unspecified atom stereocenters. The Balaban J connectivity index is 1.92. The number of alkyl halides is 1. The molecule has 0 aliphatic rings. The third-order valence-electron chi connectivity index (χ3n) is 8.68. The summed E-state index contributed by atoms with van der Waals surface area (Å²) in [4.78, 5) is 81.9. The van der Waals surface area contributed by atoms with Crippen molar-refractivity contribution >= 4 is 57.4 Å². The summed E-state index contributed by atoms with van der Waals surface area (Å²) in [5.74, 6) is -2.87. The van der Waals surface area contributed by atoms with Gasteiger partial charge in [-0.1, -0.05) is 48.0 Å². The van der Waals surface area contributed by atoms with Crippen LogP contribution in [0.3, 0.4) is 0 Å². The molecule has 19 nitrogen and oxygen atoms in total. The van der Waals surface area contributed by atoms with Gasteiger partial charge in [-0.15, -0.1) is 0 Å². The molecule has 0 bridgehead atoms. The summed E-state index contributed by atoms with van der Waals surface area (Å²) in [5, 5.41) is 32.1. The summed E-state index contributed by atoms with van der Waals surface area (Å²) >= 11 is 3.08. The second-order valence-corrected chi connectivity index (χ2v) is 14.4. The Morgan fingerprint density at radius 1 is 0.508 bits per heavy atom. The lowest BCUT2D eigenvalue weighted by Crippen LogP contribution is -2.41. The first-order valence-corrected chi connectivity index (χ1v) is 22.1. The lowest BCUT2D eigenvalue weighted by molar-refractivity contribution is -0.142. The number of rotatable bonds is 40. The van der Waals surface area contributed by atoms with Crippen LogP contribution in [0, 0.1) is 0 Å². The standard InChI is InChI=1S/C41H66BrN5O14/c42-29-37(50)43-18-8-6-9-19-44-38(51)30-59-27-26-58-24-21-46-39(52)31-60-28-25-57-23-20-45-35(48)17-16-34(41(55)56)47-36(49)11-7-4-2-1-3-5-10-22-61-33-14-12-32(13-15-33)40(53)54/h12-15,34H,1-11,16-31H2,(H,43,50)(H,44,51)(H,45,48)(H,46,52)(H,47,49)(H,53,54)(H,55,56)/t34-/m0/s1. The molecule has 1 rings (SSSR count). The fraction of sp³-hybridized carbons (Fsp3) is 0.683. The first-order chi connectivity index (χ1) is 29.5. The first-order valence-electron chi connectivity index (χ1n) is 20.9. The molecular weight excluding hydrogens is 866 g/mol. The van der Waals surface area contributed by atoms with Gasteiger partial charge in [0, 0.05) is 39.0 Å². The number of aliphatic carboxylic acids is 1. The van der Waals surface area contributed by atoms with Gasteiger partial charge >= 0.3 is 11.9 Å². The number of hydrogen-bond acceptors (Lipinski definition) is 12. The van der Waals surface area contributed by atoms with E-state index in [2.05, 4.69) is 42.5 Å². The molecule has 5 amide bonds. The molecule has 0 radical (unpaired) electrons. The van der Waals surface area contributed by atoms with Crippen LogP contribution in [-0.4, -0.2) is 149 Å². The van der Waals surface area contributed by atoms with E-state index in [4.69, 9.17) is 28.8 Å². The van der Waals surface area contributed by atoms with Crippen LogP contribution in [0.4, 0.5) is 0 Å². The minimum absolute atomic E-state index is 0.0470. The number of unbranched alkanes of at least 4 members (excludes halogenated alkanes) is 8. The van der Waals surface area contributed by atoms with E-state index < -0.39 is 18.0 Å². The summed E-state index contributed by atoms with van der Waals surface area (Å²) < 4.78 is 26.9. The molecule has 0 fully saturated rings. The number of carbonyl (C=O) groups excluding carboxylic acids is 5. The van der Waals surface area contributed by atoms with Gasteiger partial charge in [-0.25, -0.2) is 9.59 Å². The Kier molecular flexibility index (Phi) is 33.5. The van der Waals surface area contributed by atoms with Gasteiger partial charge in [0.25, 0.3) is 0 Å². The Hall–Kier alpha value is -4.37. The molecule has 1 atom stereocenters. The maximum atomic E-state index is 12.3. The second-order valence-electron chi connectivity index (χ2n) is 13.8. The van der Waals surface area contributed by atoms with Crippen LogP contribution in [0.5, 0.6) is 5.75 Å². The molecule has 20 heteroatoms. The Morgan fingerprint density at radius 3 is 1.56 bits per heavy atom. The molecule has 0 spiro atoms. The van der Waals surface area contributed by atoms with Crippen LogP contribution < -0.4 is 31.3 Å². The Labute approximate surface area is 366 Å². The van der Waals surface area contributed by atoms with Gasteiger partial charge in [0.2, 0.25) is 29.5 Å². The number of benzene rings is 1. The molecule has 0 saturated carbocycles. The monoisotopic (exact) mass is 931 g/mol. The number of carbonyl (C=O) groups is 7. The fourth-order valence-corrected chi connectivity index (χ4v) is 5.57. The van der Waals surface area contributed by atoms with Crippen molar-refractivity contribution in [2.24, 2.45) is 0 Å². The largest absolute Gasteiger partial charge is 0.494 e. The summed E-state index contributed by atoms with van der Waals surface area (Å²) in [5.41, 5.74) is 0.214. The van der Waals surface area contributed by atoms with Gasteiger partial charge in [0.15, 0.2) is 0 Å². The van der Waals surface area contributed by atoms with Crippen molar-refractivity contribution in [1.29, 1.82) is 0 Å². The number of carboxylic acids is 2. The van der Waals surface area contributed by atoms with Crippen LogP contribution in [-0.2, 0) is 47.7 Å². The van der Waals surface area contributed by atoms with Gasteiger partial charge in [-0.3, -0.25) is 24.0 Å². The lowest BCUT2D eigenvalue weighted by atomic mass is 10.1. The van der Waals surface area contributed by atoms with Gasteiger partial charge in [-0.05, 0) is 62.8 Å². The van der Waals surface area contributed by atoms with Crippen molar-refractivity contribution in [1.82, 2.24) is 26.6 Å². The number of carboxylic acid groups (broad SMARTS) is 2. The summed E-state index contributed by atoms with van der Waals surface area (Å²) in [7, 11) is 0. The maximum Gasteiger partial charge on any atom is 0.335 e. The molecule has 346 valence electrons. The van der Waals surface area contributed by atoms with E-state index in [1.165, 1.54) is 12.1 Å². The lowest BCUT2D eigenvalue weighted by Gasteiger charge is -2.14. The fourth-order valence-electron chi connectivity index (χ4n) is 5.37. The SMILES string of the molecule is O=C(CBr)NCCCCCNC(=O)COCCOCCNC(=O)COCCOCCNC(=O)CC[C@H](NC(=O)CCCCCCCCCOc1ccc(C(=O)O)cc1)C(=O)O. The quantitative estimate of drug-likeness (QED) is 0.0368. The van der Waals surface area contributed by atoms with Gasteiger partial charge in [0.1, 0.15) is 25.0 Å². The van der Waals surface area contributed by atoms with E-state index in [1.807, 2.05) is 0 Å². The number of aromatic carboxylic acids is 1. The van der Waals surface area contributed by atoms with E-state index in [1.54, 1.807) is 12.1 Å². The predicted octanol–water partition coefficient (Wildman–Crippen LogP) is 2.33. The average molecular weight is 933 g/mol. The van der Waals surface area contributed by atoms with Crippen molar-refractivity contribution in [3.8, 4) is 5.75 Å². The zero-order valence-corrected chi connectivity index (χ0v) is 36.7. The average Bonchev–Trinajstić information content (AvgIpc) is 3.24. The second kappa shape index (κ2) is 37.4. The molecule has 0 heterocycles. The molecule has 61 heavy (non-hydrogen) atoms. The zero-order chi connectivity index (χ0) is 44.8. The maximum absolute atomic E-state index is 12.3. The van der Waals surface area contributed by atoms with Crippen LogP contribution in [0.25, 0.3) is 0 Å². The summed E-state index contributed by atoms with van der Waals surface area (Å²) in [6, 6.07) is 5.13. The molecule has 0 saturated heterocycles. The first kappa shape index (κ1) is 54.6. The highest BCUT2D eigenvalue weighted by molar-refractivity contribution is 9.09. The van der Waals surface area contributed by atoms with Crippen molar-refractivity contribution in [3.63, 3.8) is 0 Å². The number of hydrogen-bond donors (Lipinski definition) is 7. The smallest absolute Gasteiger partial charge is 0.335 e. The van der Waals surface area contributed by atoms with E-state index in [0.717, 1.165) is 57.8 Å². The van der Waals surface area contributed by atoms with Gasteiger partial charge in [0.05, 0.1) is 57.1 Å². The van der Waals surface area contributed by atoms with E-state index in [9.17, 15) is 38.7 Å². The van der Waals surface area contributed by atoms with Crippen molar-refractivity contribution in [3.05, 3.63) is 29.8 Å². The highest BCUT2D eigenvalue weighted by Crippen LogP contribution is 2.14. The van der Waals surface area contributed by atoms with Crippen LogP contribution in [0.2, 0.25) is 0 Å². The molecule has 1 aromatic rings. The Morgan fingerprint density at radius 2 is 1.00 bits per heavy atom. The van der Waals surface area contributed by atoms with Crippen molar-refractivity contribution in [2.75, 3.05) is 91.0 Å². The molecular formula is C41H66BrN5O14. The highest BCUT2D eigenvalue weighted by atomic mass is 79.9. The summed E-state index contributed by atoms with van der Waals surface area (Å²) in [6.07, 6.45) is 8.93. The predicted molar refractivity (Wildman–Crippen MR) is 228 cm³/mol. The number of nitrogens with one attached hydrogen (secondary N) is 5. The van der Waals surface area contributed by atoms with Crippen LogP contribution in [0.1, 0.15) is 93.8 Å². The summed E-state index contributed by atoms with van der Waals surface area (Å²) in [6.45, 7) is 3.23. The van der Waals surface area contributed by atoms with E-state index in [0.29, 0.717) is 31.9 Å². The van der Waals surface area contributed by atoms with Crippen molar-refractivity contribution < 1.29 is 67.5 Å². The molecule has 0 aromatic heterocycles. The zero-order valence-electron chi connectivity index (χ0n) is 35.2. The normalized spacial score (nSPS) is 11.3. The number of ether oxygens (including phenoxy) is 5. The van der Waals surface area contributed by atoms with Crippen LogP contribution >= 0.6 is 15.9 Å². The molecule has 0 aliphatic heterocycles. The molecule has 0 aliphatic carbocycles. The van der Waals surface area contributed by atoms with Gasteiger partial charge < -0.3 is 60.5 Å². The number of amides is 5. The van der Waals surface area contributed by atoms with Gasteiger partial charge in [-0.2, -0.15) is 0 Å². The minimum atomic E-state index is -1.21. The Bertz CT molecular complexity index is 1410. The van der Waals surface area contributed by atoms with E-state index >= 15 is 0 Å². The molecule has 1 aromatic carbocycles. The topological polar surface area (TPSA) is 266 Å². The highest BCUT2D eigenvalue weighted by Gasteiger charge is 2.21. The third kappa shape index (κ3) is 33.0. The number of halogens is 1. The molecule has 7 N–H and O–H groups in total. The third-order valence-corrected chi connectivity index (χ3v) is 9.19. The minimum Gasteiger partial charge on any atom is -0.494 e. The van der Waals surface area contributed by atoms with E-state index in [-0.39, 0.29) is 126 Å². The van der Waals surface area contributed by atoms with Crippen molar-refractivity contribution in [2.45, 2.75) is 89.5 Å². The van der Waals surface area contributed by atoms with Crippen LogP contribution in [0.15, 0.2) is 24.3 Å².